The standard InChI is InChI=1S/C21H19Cl2FN4O/c1-11-8-13(6-7-17(11)24)26-21-25-10-12-9-14(20(29)28(2)19(12)27-21)18-15(22)4-3-5-16(18)23/h3-9,21,25-27H,10H2,1-2H3. The van der Waals surface area contributed by atoms with Gasteiger partial charge in [-0.3, -0.25) is 14.7 Å². The van der Waals surface area contributed by atoms with Crippen molar-refractivity contribution in [2.24, 2.45) is 7.05 Å². The molecule has 1 atom stereocenters. The molecule has 0 aliphatic carbocycles. The first-order valence-electron chi connectivity index (χ1n) is 9.05. The maximum atomic E-state index is 13.5. The van der Waals surface area contributed by atoms with E-state index in [2.05, 4.69) is 16.0 Å². The van der Waals surface area contributed by atoms with Gasteiger partial charge in [-0.15, -0.1) is 0 Å². The first-order valence-corrected chi connectivity index (χ1v) is 9.80. The average molecular weight is 433 g/mol. The Kier molecular flexibility index (Phi) is 5.25. The number of halogens is 3. The number of hydrogen-bond donors (Lipinski definition) is 3. The Morgan fingerprint density at radius 2 is 1.90 bits per heavy atom. The molecule has 0 saturated carbocycles. The number of rotatable bonds is 3. The Morgan fingerprint density at radius 1 is 1.17 bits per heavy atom. The van der Waals surface area contributed by atoms with Gasteiger partial charge in [0.05, 0.1) is 15.6 Å². The molecule has 4 rings (SSSR count). The molecule has 1 aromatic heterocycles. The fourth-order valence-corrected chi connectivity index (χ4v) is 4.05. The number of aromatic nitrogens is 1. The monoisotopic (exact) mass is 432 g/mol. The lowest BCUT2D eigenvalue weighted by Gasteiger charge is -2.31. The van der Waals surface area contributed by atoms with Crippen molar-refractivity contribution in [3.8, 4) is 11.1 Å². The molecule has 3 N–H and O–H groups in total. The highest BCUT2D eigenvalue weighted by atomic mass is 35.5. The smallest absolute Gasteiger partial charge is 0.259 e. The molecule has 1 aliphatic heterocycles. The number of pyridine rings is 1. The highest BCUT2D eigenvalue weighted by Crippen LogP contribution is 2.34. The zero-order valence-electron chi connectivity index (χ0n) is 15.8. The molecule has 1 aliphatic rings. The summed E-state index contributed by atoms with van der Waals surface area (Å²) >= 11 is 12.6. The molecule has 29 heavy (non-hydrogen) atoms. The highest BCUT2D eigenvalue weighted by Gasteiger charge is 2.23. The number of fused-ring (bicyclic) bond motifs is 1. The van der Waals surface area contributed by atoms with Crippen LogP contribution in [0.5, 0.6) is 0 Å². The van der Waals surface area contributed by atoms with Crippen LogP contribution in [0, 0.1) is 12.7 Å². The van der Waals surface area contributed by atoms with Crippen molar-refractivity contribution in [1.82, 2.24) is 9.88 Å². The van der Waals surface area contributed by atoms with Crippen molar-refractivity contribution in [2.75, 3.05) is 10.6 Å². The molecule has 3 aromatic rings. The van der Waals surface area contributed by atoms with Gasteiger partial charge in [0.1, 0.15) is 11.6 Å². The molecule has 0 fully saturated rings. The molecule has 0 radical (unpaired) electrons. The second-order valence-electron chi connectivity index (χ2n) is 6.96. The summed E-state index contributed by atoms with van der Waals surface area (Å²) in [7, 11) is 1.70. The normalized spacial score (nSPS) is 15.6. The summed E-state index contributed by atoms with van der Waals surface area (Å²) in [5, 5.41) is 10.7. The summed E-state index contributed by atoms with van der Waals surface area (Å²) in [5.41, 5.74) is 3.00. The van der Waals surface area contributed by atoms with Crippen LogP contribution >= 0.6 is 23.2 Å². The Hall–Kier alpha value is -2.54. The predicted molar refractivity (Wildman–Crippen MR) is 116 cm³/mol. The minimum atomic E-state index is -0.326. The van der Waals surface area contributed by atoms with Crippen molar-refractivity contribution in [3.05, 3.63) is 79.8 Å². The Labute approximate surface area is 177 Å². The van der Waals surface area contributed by atoms with E-state index < -0.39 is 0 Å². The van der Waals surface area contributed by atoms with E-state index in [9.17, 15) is 9.18 Å². The number of benzene rings is 2. The molecule has 5 nitrogen and oxygen atoms in total. The van der Waals surface area contributed by atoms with Crippen LogP contribution in [0.4, 0.5) is 15.9 Å². The zero-order valence-corrected chi connectivity index (χ0v) is 17.3. The molecule has 0 spiro atoms. The fourth-order valence-electron chi connectivity index (χ4n) is 3.45. The van der Waals surface area contributed by atoms with Crippen molar-refractivity contribution in [1.29, 1.82) is 0 Å². The van der Waals surface area contributed by atoms with E-state index in [1.165, 1.54) is 6.07 Å². The van der Waals surface area contributed by atoms with Crippen LogP contribution < -0.4 is 21.5 Å². The Morgan fingerprint density at radius 3 is 2.59 bits per heavy atom. The number of anilines is 2. The topological polar surface area (TPSA) is 58.1 Å². The lowest BCUT2D eigenvalue weighted by Crippen LogP contribution is -2.47. The molecular formula is C21H19Cl2FN4O. The van der Waals surface area contributed by atoms with E-state index in [-0.39, 0.29) is 17.7 Å². The molecule has 1 unspecified atom stereocenters. The lowest BCUT2D eigenvalue weighted by atomic mass is 10.0. The summed E-state index contributed by atoms with van der Waals surface area (Å²) in [6.07, 6.45) is -0.326. The van der Waals surface area contributed by atoms with E-state index in [0.717, 1.165) is 11.3 Å². The van der Waals surface area contributed by atoms with Crippen LogP contribution in [-0.4, -0.2) is 10.9 Å². The van der Waals surface area contributed by atoms with Crippen LogP contribution in [0.15, 0.2) is 47.3 Å². The van der Waals surface area contributed by atoms with Gasteiger partial charge in [-0.1, -0.05) is 29.3 Å². The SMILES string of the molecule is Cc1cc(NC2NCc3cc(-c4c(Cl)cccc4Cl)c(=O)n(C)c3N2)ccc1F. The molecular weight excluding hydrogens is 414 g/mol. The second-order valence-corrected chi connectivity index (χ2v) is 7.77. The van der Waals surface area contributed by atoms with E-state index in [1.807, 2.05) is 6.07 Å². The minimum absolute atomic E-state index is 0.204. The molecule has 0 amide bonds. The van der Waals surface area contributed by atoms with Gasteiger partial charge < -0.3 is 10.6 Å². The quantitative estimate of drug-likeness (QED) is 0.560. The predicted octanol–water partition coefficient (Wildman–Crippen LogP) is 4.72. The third-order valence-corrected chi connectivity index (χ3v) is 5.60. The fraction of sp³-hybridized carbons (Fsp3) is 0.190. The third kappa shape index (κ3) is 3.71. The van der Waals surface area contributed by atoms with Gasteiger partial charge in [-0.05, 0) is 48.9 Å². The summed E-state index contributed by atoms with van der Waals surface area (Å²) in [6.45, 7) is 2.23. The van der Waals surface area contributed by atoms with Gasteiger partial charge in [-0.25, -0.2) is 4.39 Å². The summed E-state index contributed by atoms with van der Waals surface area (Å²) in [4.78, 5) is 13.0. The zero-order chi connectivity index (χ0) is 20.7. The summed E-state index contributed by atoms with van der Waals surface area (Å²) in [6, 6.07) is 11.8. The van der Waals surface area contributed by atoms with Crippen LogP contribution in [-0.2, 0) is 13.6 Å². The van der Waals surface area contributed by atoms with Gasteiger partial charge in [0, 0.05) is 30.4 Å². The minimum Gasteiger partial charge on any atom is -0.353 e. The van der Waals surface area contributed by atoms with Gasteiger partial charge in [-0.2, -0.15) is 0 Å². The van der Waals surface area contributed by atoms with Crippen molar-refractivity contribution in [2.45, 2.75) is 19.8 Å². The first-order chi connectivity index (χ1) is 13.8. The van der Waals surface area contributed by atoms with E-state index in [1.54, 1.807) is 48.9 Å². The molecule has 0 bridgehead atoms. The van der Waals surface area contributed by atoms with Gasteiger partial charge in [0.2, 0.25) is 0 Å². The summed E-state index contributed by atoms with van der Waals surface area (Å²) < 4.78 is 15.0. The summed E-state index contributed by atoms with van der Waals surface area (Å²) in [5.74, 6) is 0.440. The first kappa shape index (κ1) is 19.8. The molecule has 2 heterocycles. The highest BCUT2D eigenvalue weighted by molar-refractivity contribution is 6.39. The van der Waals surface area contributed by atoms with Crippen LogP contribution in [0.25, 0.3) is 11.1 Å². The van der Waals surface area contributed by atoms with E-state index in [4.69, 9.17) is 23.2 Å². The van der Waals surface area contributed by atoms with Crippen LogP contribution in [0.3, 0.4) is 0 Å². The molecule has 2 aromatic carbocycles. The Balaban J connectivity index is 1.67. The molecule has 0 saturated heterocycles. The number of nitrogens with one attached hydrogen (secondary N) is 3. The van der Waals surface area contributed by atoms with Crippen LogP contribution in [0.2, 0.25) is 10.0 Å². The van der Waals surface area contributed by atoms with Crippen molar-refractivity contribution >= 4 is 34.7 Å². The lowest BCUT2D eigenvalue weighted by molar-refractivity contribution is 0.574. The number of hydrogen-bond acceptors (Lipinski definition) is 4. The van der Waals surface area contributed by atoms with Gasteiger partial charge >= 0.3 is 0 Å². The Bertz CT molecular complexity index is 1140. The third-order valence-electron chi connectivity index (χ3n) is 4.97. The van der Waals surface area contributed by atoms with Crippen molar-refractivity contribution < 1.29 is 4.39 Å². The number of aryl methyl sites for hydroxylation is 1. The average Bonchev–Trinajstić information content (AvgIpc) is 2.69. The van der Waals surface area contributed by atoms with Crippen molar-refractivity contribution in [3.63, 3.8) is 0 Å². The maximum Gasteiger partial charge on any atom is 0.259 e. The molecule has 8 heteroatoms. The van der Waals surface area contributed by atoms with E-state index in [0.29, 0.717) is 39.1 Å². The number of nitrogens with zero attached hydrogens (tertiary/aromatic N) is 1. The second kappa shape index (κ2) is 7.71. The maximum absolute atomic E-state index is 13.5. The van der Waals surface area contributed by atoms with Gasteiger partial charge in [0.15, 0.2) is 6.29 Å². The van der Waals surface area contributed by atoms with Gasteiger partial charge in [0.25, 0.3) is 5.56 Å². The largest absolute Gasteiger partial charge is 0.353 e. The van der Waals surface area contributed by atoms with Crippen LogP contribution in [0.1, 0.15) is 11.1 Å². The van der Waals surface area contributed by atoms with E-state index >= 15 is 0 Å². The molecule has 150 valence electrons.